The highest BCUT2D eigenvalue weighted by Gasteiger charge is 2.29. The molecule has 0 aliphatic rings. The summed E-state index contributed by atoms with van der Waals surface area (Å²) in [6, 6.07) is 4.31. The molecule has 108 valence electrons. The Morgan fingerprint density at radius 2 is 1.85 bits per heavy atom. The van der Waals surface area contributed by atoms with Crippen molar-refractivity contribution in [3.63, 3.8) is 0 Å². The fourth-order valence-corrected chi connectivity index (χ4v) is 2.77. The predicted molar refractivity (Wildman–Crippen MR) is 65.5 cm³/mol. The van der Waals surface area contributed by atoms with Crippen molar-refractivity contribution in [1.82, 2.24) is 15.2 Å². The number of aromatic nitrogens is 3. The van der Waals surface area contributed by atoms with E-state index in [0.717, 1.165) is 30.6 Å². The monoisotopic (exact) mass is 324 g/mol. The van der Waals surface area contributed by atoms with E-state index in [2.05, 4.69) is 19.9 Å². The molecule has 2 N–H and O–H groups in total. The lowest BCUT2D eigenvalue weighted by Crippen LogP contribution is -2.13. The molecule has 2 rings (SSSR count). The topological polar surface area (TPSA) is 87.7 Å². The summed E-state index contributed by atoms with van der Waals surface area (Å²) >= 11 is -0.318. The number of aromatic amines is 1. The Morgan fingerprint density at radius 3 is 2.35 bits per heavy atom. The van der Waals surface area contributed by atoms with Gasteiger partial charge in [-0.1, -0.05) is 0 Å². The van der Waals surface area contributed by atoms with Gasteiger partial charge < -0.3 is 0 Å². The highest BCUT2D eigenvalue weighted by Crippen LogP contribution is 2.36. The molecule has 0 aliphatic carbocycles. The van der Waals surface area contributed by atoms with Crippen molar-refractivity contribution in [2.24, 2.45) is 0 Å². The molecule has 6 nitrogen and oxygen atoms in total. The average molecular weight is 324 g/mol. The van der Waals surface area contributed by atoms with E-state index in [1.807, 2.05) is 0 Å². The lowest BCUT2D eigenvalue weighted by atomic mass is 10.4. The van der Waals surface area contributed by atoms with Crippen LogP contribution in [0.25, 0.3) is 0 Å². The highest BCUT2D eigenvalue weighted by atomic mass is 32.2. The zero-order chi connectivity index (χ0) is 14.8. The molecule has 0 aliphatic heterocycles. The van der Waals surface area contributed by atoms with Crippen molar-refractivity contribution < 1.29 is 21.6 Å². The molecule has 0 amide bonds. The summed E-state index contributed by atoms with van der Waals surface area (Å²) in [5.41, 5.74) is -4.42. The molecule has 11 heteroatoms. The van der Waals surface area contributed by atoms with Crippen LogP contribution < -0.4 is 4.72 Å². The summed E-state index contributed by atoms with van der Waals surface area (Å²) in [7, 11) is -3.92. The summed E-state index contributed by atoms with van der Waals surface area (Å²) in [5.74, 6) is -0.0845. The number of thioether (sulfide) groups is 1. The van der Waals surface area contributed by atoms with Gasteiger partial charge in [0.1, 0.15) is 6.33 Å². The molecule has 0 radical (unpaired) electrons. The van der Waals surface area contributed by atoms with Crippen LogP contribution in [0.5, 0.6) is 0 Å². The van der Waals surface area contributed by atoms with E-state index in [-0.39, 0.29) is 27.5 Å². The van der Waals surface area contributed by atoms with Crippen molar-refractivity contribution in [3.05, 3.63) is 30.6 Å². The van der Waals surface area contributed by atoms with E-state index in [0.29, 0.717) is 0 Å². The van der Waals surface area contributed by atoms with Crippen LogP contribution in [0.3, 0.4) is 0 Å². The number of sulfonamides is 1. The van der Waals surface area contributed by atoms with Crippen LogP contribution in [-0.4, -0.2) is 29.1 Å². The predicted octanol–water partition coefficient (Wildman–Crippen LogP) is 2.22. The normalized spacial score (nSPS) is 12.3. The van der Waals surface area contributed by atoms with Gasteiger partial charge in [-0.05, 0) is 36.0 Å². The summed E-state index contributed by atoms with van der Waals surface area (Å²) in [4.78, 5) is 3.30. The summed E-state index contributed by atoms with van der Waals surface area (Å²) < 4.78 is 62.3. The average Bonchev–Trinajstić information content (AvgIpc) is 2.79. The second kappa shape index (κ2) is 5.32. The molecule has 0 unspecified atom stereocenters. The van der Waals surface area contributed by atoms with Crippen molar-refractivity contribution >= 4 is 27.7 Å². The second-order valence-corrected chi connectivity index (χ2v) is 6.28. The zero-order valence-electron chi connectivity index (χ0n) is 9.55. The minimum absolute atomic E-state index is 0.0845. The third-order valence-electron chi connectivity index (χ3n) is 2.01. The van der Waals surface area contributed by atoms with E-state index in [4.69, 9.17) is 0 Å². The van der Waals surface area contributed by atoms with E-state index in [1.165, 1.54) is 0 Å². The summed E-state index contributed by atoms with van der Waals surface area (Å²) in [6.45, 7) is 0. The smallest absolute Gasteiger partial charge is 0.248 e. The van der Waals surface area contributed by atoms with Gasteiger partial charge in [0.15, 0.2) is 0 Å². The number of alkyl halides is 3. The molecular weight excluding hydrogens is 317 g/mol. The first-order valence-corrected chi connectivity index (χ1v) is 7.30. The fraction of sp³-hybridized carbons (Fsp3) is 0.111. The Kier molecular flexibility index (Phi) is 3.90. The summed E-state index contributed by atoms with van der Waals surface area (Å²) in [6.07, 6.45) is 1.11. The summed E-state index contributed by atoms with van der Waals surface area (Å²) in [5, 5.41) is 5.76. The highest BCUT2D eigenvalue weighted by molar-refractivity contribution is 8.00. The first kappa shape index (κ1) is 14.7. The second-order valence-electron chi connectivity index (χ2n) is 3.46. The molecule has 0 fully saturated rings. The van der Waals surface area contributed by atoms with Crippen LogP contribution in [0.2, 0.25) is 0 Å². The van der Waals surface area contributed by atoms with E-state index >= 15 is 0 Å². The largest absolute Gasteiger partial charge is 0.446 e. The SMILES string of the molecule is O=S(=O)(Nc1ncn[nH]1)c1ccc(SC(F)(F)F)cc1. The molecule has 0 saturated heterocycles. The Bertz CT molecular complexity index is 668. The van der Waals surface area contributed by atoms with Crippen LogP contribution in [0.4, 0.5) is 19.1 Å². The third kappa shape index (κ3) is 3.87. The number of halogens is 3. The minimum atomic E-state index is -4.42. The first-order chi connectivity index (χ1) is 9.26. The van der Waals surface area contributed by atoms with Crippen molar-refractivity contribution in [2.75, 3.05) is 4.72 Å². The molecule has 1 aromatic carbocycles. The van der Waals surface area contributed by atoms with Crippen LogP contribution >= 0.6 is 11.8 Å². The minimum Gasteiger partial charge on any atom is -0.248 e. The van der Waals surface area contributed by atoms with Gasteiger partial charge in [0.2, 0.25) is 5.95 Å². The standard InChI is InChI=1S/C9H7F3N4O2S2/c10-9(11,12)19-6-1-3-7(4-2-6)20(17,18)16-8-13-5-14-15-8/h1-5H,(H2,13,14,15,16). The maximum atomic E-state index is 12.1. The van der Waals surface area contributed by atoms with Crippen molar-refractivity contribution in [2.45, 2.75) is 15.3 Å². The Balaban J connectivity index is 2.17. The lowest BCUT2D eigenvalue weighted by molar-refractivity contribution is -0.0328. The zero-order valence-corrected chi connectivity index (χ0v) is 11.2. The van der Waals surface area contributed by atoms with Gasteiger partial charge in [-0.15, -0.1) is 0 Å². The van der Waals surface area contributed by atoms with Crippen LogP contribution in [0.15, 0.2) is 40.4 Å². The molecule has 0 bridgehead atoms. The number of anilines is 1. The molecule has 1 heterocycles. The molecule has 0 saturated carbocycles. The van der Waals surface area contributed by atoms with Crippen LogP contribution in [0, 0.1) is 0 Å². The van der Waals surface area contributed by atoms with Crippen molar-refractivity contribution in [1.29, 1.82) is 0 Å². The van der Waals surface area contributed by atoms with E-state index in [1.54, 1.807) is 0 Å². The number of nitrogens with zero attached hydrogens (tertiary/aromatic N) is 2. The number of hydrogen-bond donors (Lipinski definition) is 2. The van der Waals surface area contributed by atoms with Gasteiger partial charge in [-0.2, -0.15) is 23.3 Å². The van der Waals surface area contributed by atoms with Crippen LogP contribution in [0.1, 0.15) is 0 Å². The number of H-pyrrole nitrogens is 1. The molecule has 0 atom stereocenters. The first-order valence-electron chi connectivity index (χ1n) is 5.00. The van der Waals surface area contributed by atoms with Gasteiger partial charge in [0.25, 0.3) is 10.0 Å². The maximum Gasteiger partial charge on any atom is 0.446 e. The van der Waals surface area contributed by atoms with Crippen molar-refractivity contribution in [3.8, 4) is 0 Å². The van der Waals surface area contributed by atoms with Crippen LogP contribution in [-0.2, 0) is 10.0 Å². The quantitative estimate of drug-likeness (QED) is 0.842. The Morgan fingerprint density at radius 1 is 1.20 bits per heavy atom. The molecule has 20 heavy (non-hydrogen) atoms. The molecule has 2 aromatic rings. The number of hydrogen-bond acceptors (Lipinski definition) is 5. The van der Waals surface area contributed by atoms with Gasteiger partial charge in [0, 0.05) is 4.90 Å². The third-order valence-corrected chi connectivity index (χ3v) is 4.11. The lowest BCUT2D eigenvalue weighted by Gasteiger charge is -2.07. The molecular formula is C9H7F3N4O2S2. The number of nitrogens with one attached hydrogen (secondary N) is 2. The Labute approximate surface area is 115 Å². The van der Waals surface area contributed by atoms with Gasteiger partial charge in [-0.3, -0.25) is 0 Å². The van der Waals surface area contributed by atoms with Gasteiger partial charge in [0.05, 0.1) is 4.90 Å². The van der Waals surface area contributed by atoms with Gasteiger partial charge in [-0.25, -0.2) is 18.2 Å². The number of rotatable bonds is 4. The maximum absolute atomic E-state index is 12.1. The van der Waals surface area contributed by atoms with E-state index < -0.39 is 15.5 Å². The van der Waals surface area contributed by atoms with E-state index in [9.17, 15) is 21.6 Å². The fourth-order valence-electron chi connectivity index (χ4n) is 1.26. The molecule has 0 spiro atoms. The molecule has 1 aromatic heterocycles. The van der Waals surface area contributed by atoms with Gasteiger partial charge >= 0.3 is 5.51 Å². The Hall–Kier alpha value is -1.75. The number of benzene rings is 1.